The fraction of sp³-hybridized carbons (Fsp3) is 0.316. The SMILES string of the molecule is CCCCN1C(=O)C(Cc2cccc(N)c2)Oc2ccccc21. The van der Waals surface area contributed by atoms with Crippen molar-refractivity contribution >= 4 is 17.3 Å². The molecule has 1 amide bonds. The first-order valence-electron chi connectivity index (χ1n) is 8.10. The largest absolute Gasteiger partial charge is 0.478 e. The quantitative estimate of drug-likeness (QED) is 0.861. The number of ether oxygens (including phenoxy) is 1. The number of para-hydroxylation sites is 2. The van der Waals surface area contributed by atoms with Crippen LogP contribution in [0.3, 0.4) is 0 Å². The zero-order valence-corrected chi connectivity index (χ0v) is 13.4. The molecule has 4 heteroatoms. The van der Waals surface area contributed by atoms with E-state index in [1.165, 1.54) is 0 Å². The third-order valence-electron chi connectivity index (χ3n) is 4.07. The maximum atomic E-state index is 12.9. The molecule has 23 heavy (non-hydrogen) atoms. The highest BCUT2D eigenvalue weighted by atomic mass is 16.5. The van der Waals surface area contributed by atoms with E-state index in [1.54, 1.807) is 0 Å². The van der Waals surface area contributed by atoms with Crippen LogP contribution in [-0.4, -0.2) is 18.6 Å². The van der Waals surface area contributed by atoms with Crippen LogP contribution in [0.25, 0.3) is 0 Å². The number of fused-ring (bicyclic) bond motifs is 1. The molecule has 0 radical (unpaired) electrons. The lowest BCUT2D eigenvalue weighted by Gasteiger charge is -2.34. The first-order valence-corrected chi connectivity index (χ1v) is 8.10. The number of amides is 1. The minimum absolute atomic E-state index is 0.0274. The van der Waals surface area contributed by atoms with Crippen molar-refractivity contribution in [3.8, 4) is 5.75 Å². The van der Waals surface area contributed by atoms with Gasteiger partial charge in [0.1, 0.15) is 5.75 Å². The summed E-state index contributed by atoms with van der Waals surface area (Å²) in [5, 5.41) is 0. The van der Waals surface area contributed by atoms with Gasteiger partial charge < -0.3 is 15.4 Å². The van der Waals surface area contributed by atoms with E-state index in [0.29, 0.717) is 12.1 Å². The summed E-state index contributed by atoms with van der Waals surface area (Å²) in [6.45, 7) is 2.85. The van der Waals surface area contributed by atoms with E-state index in [9.17, 15) is 4.79 Å². The van der Waals surface area contributed by atoms with Crippen molar-refractivity contribution in [3.63, 3.8) is 0 Å². The molecule has 1 unspecified atom stereocenters. The zero-order valence-electron chi connectivity index (χ0n) is 13.4. The molecule has 1 heterocycles. The number of nitrogen functional groups attached to an aromatic ring is 1. The molecule has 2 aromatic rings. The van der Waals surface area contributed by atoms with Crippen molar-refractivity contribution in [2.75, 3.05) is 17.2 Å². The lowest BCUT2D eigenvalue weighted by Crippen LogP contribution is -2.47. The molecule has 1 aliphatic rings. The standard InChI is InChI=1S/C19H22N2O2/c1-2-3-11-21-16-9-4-5-10-17(16)23-18(19(21)22)13-14-7-6-8-15(20)12-14/h4-10,12,18H,2-3,11,13,20H2,1H3. The minimum Gasteiger partial charge on any atom is -0.478 e. The number of anilines is 2. The molecule has 1 atom stereocenters. The lowest BCUT2D eigenvalue weighted by molar-refractivity contribution is -0.126. The van der Waals surface area contributed by atoms with E-state index in [1.807, 2.05) is 53.4 Å². The summed E-state index contributed by atoms with van der Waals surface area (Å²) < 4.78 is 5.97. The number of hydrogen-bond acceptors (Lipinski definition) is 3. The number of hydrogen-bond donors (Lipinski definition) is 1. The lowest BCUT2D eigenvalue weighted by atomic mass is 10.0. The minimum atomic E-state index is -0.497. The highest BCUT2D eigenvalue weighted by Gasteiger charge is 2.33. The number of nitrogens with zero attached hydrogens (tertiary/aromatic N) is 1. The van der Waals surface area contributed by atoms with Gasteiger partial charge in [-0.2, -0.15) is 0 Å². The van der Waals surface area contributed by atoms with Crippen LogP contribution in [0.2, 0.25) is 0 Å². The van der Waals surface area contributed by atoms with Crippen molar-refractivity contribution in [1.82, 2.24) is 0 Å². The third-order valence-corrected chi connectivity index (χ3v) is 4.07. The second-order valence-electron chi connectivity index (χ2n) is 5.87. The van der Waals surface area contributed by atoms with Crippen LogP contribution in [0, 0.1) is 0 Å². The first-order chi connectivity index (χ1) is 11.2. The Balaban J connectivity index is 1.86. The second kappa shape index (κ2) is 6.73. The van der Waals surface area contributed by atoms with Crippen molar-refractivity contribution in [2.24, 2.45) is 0 Å². The fourth-order valence-corrected chi connectivity index (χ4v) is 2.89. The Morgan fingerprint density at radius 2 is 2.00 bits per heavy atom. The number of unbranched alkanes of at least 4 members (excludes halogenated alkanes) is 1. The van der Waals surface area contributed by atoms with Crippen LogP contribution in [-0.2, 0) is 11.2 Å². The predicted octanol–water partition coefficient (Wildman–Crippen LogP) is 3.41. The number of rotatable bonds is 5. The summed E-state index contributed by atoms with van der Waals surface area (Å²) in [5.74, 6) is 0.802. The van der Waals surface area contributed by atoms with Gasteiger partial charge in [0.05, 0.1) is 5.69 Å². The Kier molecular flexibility index (Phi) is 4.51. The Hall–Kier alpha value is -2.49. The molecule has 0 saturated heterocycles. The Labute approximate surface area is 136 Å². The van der Waals surface area contributed by atoms with Gasteiger partial charge in [-0.1, -0.05) is 37.6 Å². The maximum absolute atomic E-state index is 12.9. The molecule has 120 valence electrons. The number of benzene rings is 2. The van der Waals surface area contributed by atoms with Gasteiger partial charge in [0.25, 0.3) is 5.91 Å². The molecule has 2 N–H and O–H groups in total. The van der Waals surface area contributed by atoms with Gasteiger partial charge in [-0.15, -0.1) is 0 Å². The van der Waals surface area contributed by atoms with Crippen LogP contribution in [0.1, 0.15) is 25.3 Å². The van der Waals surface area contributed by atoms with E-state index in [2.05, 4.69) is 6.92 Å². The molecule has 4 nitrogen and oxygen atoms in total. The topological polar surface area (TPSA) is 55.6 Å². The Bertz CT molecular complexity index is 699. The molecule has 0 aromatic heterocycles. The van der Waals surface area contributed by atoms with Crippen molar-refractivity contribution in [1.29, 1.82) is 0 Å². The van der Waals surface area contributed by atoms with Gasteiger partial charge in [-0.25, -0.2) is 0 Å². The van der Waals surface area contributed by atoms with Gasteiger partial charge in [-0.05, 0) is 36.2 Å². The highest BCUT2D eigenvalue weighted by molar-refractivity contribution is 6.00. The average molecular weight is 310 g/mol. The van der Waals surface area contributed by atoms with Crippen LogP contribution in [0.5, 0.6) is 5.75 Å². The van der Waals surface area contributed by atoms with E-state index in [4.69, 9.17) is 10.5 Å². The zero-order chi connectivity index (χ0) is 16.2. The van der Waals surface area contributed by atoms with Gasteiger partial charge in [-0.3, -0.25) is 4.79 Å². The molecule has 0 fully saturated rings. The predicted molar refractivity (Wildman–Crippen MR) is 92.7 cm³/mol. The number of carbonyl (C=O) groups is 1. The molecular formula is C19H22N2O2. The Morgan fingerprint density at radius 3 is 2.78 bits per heavy atom. The van der Waals surface area contributed by atoms with E-state index < -0.39 is 6.10 Å². The van der Waals surface area contributed by atoms with Gasteiger partial charge >= 0.3 is 0 Å². The molecular weight excluding hydrogens is 288 g/mol. The molecule has 2 aromatic carbocycles. The second-order valence-corrected chi connectivity index (χ2v) is 5.87. The first kappa shape index (κ1) is 15.4. The van der Waals surface area contributed by atoms with Crippen LogP contribution < -0.4 is 15.4 Å². The summed E-state index contributed by atoms with van der Waals surface area (Å²) in [5.41, 5.74) is 8.42. The van der Waals surface area contributed by atoms with Gasteiger partial charge in [0, 0.05) is 18.7 Å². The third kappa shape index (κ3) is 3.31. The molecule has 0 spiro atoms. The summed E-state index contributed by atoms with van der Waals surface area (Å²) in [6.07, 6.45) is 2.06. The summed E-state index contributed by atoms with van der Waals surface area (Å²) in [7, 11) is 0. The van der Waals surface area contributed by atoms with Crippen LogP contribution >= 0.6 is 0 Å². The number of nitrogens with two attached hydrogens (primary N) is 1. The van der Waals surface area contributed by atoms with Gasteiger partial charge in [0.2, 0.25) is 0 Å². The van der Waals surface area contributed by atoms with Crippen molar-refractivity contribution in [2.45, 2.75) is 32.3 Å². The average Bonchev–Trinajstić information content (AvgIpc) is 2.55. The summed E-state index contributed by atoms with van der Waals surface area (Å²) >= 11 is 0. The smallest absolute Gasteiger partial charge is 0.268 e. The fourth-order valence-electron chi connectivity index (χ4n) is 2.89. The molecule has 0 bridgehead atoms. The summed E-state index contributed by atoms with van der Waals surface area (Å²) in [4.78, 5) is 14.7. The Morgan fingerprint density at radius 1 is 1.17 bits per heavy atom. The van der Waals surface area contributed by atoms with Crippen molar-refractivity contribution in [3.05, 3.63) is 54.1 Å². The van der Waals surface area contributed by atoms with Gasteiger partial charge in [0.15, 0.2) is 6.10 Å². The van der Waals surface area contributed by atoms with E-state index in [-0.39, 0.29) is 5.91 Å². The van der Waals surface area contributed by atoms with Crippen LogP contribution in [0.15, 0.2) is 48.5 Å². The van der Waals surface area contributed by atoms with E-state index >= 15 is 0 Å². The highest BCUT2D eigenvalue weighted by Crippen LogP contribution is 2.34. The molecule has 0 aliphatic carbocycles. The monoisotopic (exact) mass is 310 g/mol. The van der Waals surface area contributed by atoms with Crippen molar-refractivity contribution < 1.29 is 9.53 Å². The maximum Gasteiger partial charge on any atom is 0.268 e. The normalized spacial score (nSPS) is 16.8. The summed E-state index contributed by atoms with van der Waals surface area (Å²) in [6, 6.07) is 15.4. The van der Waals surface area contributed by atoms with E-state index in [0.717, 1.165) is 36.4 Å². The van der Waals surface area contributed by atoms with Crippen LogP contribution in [0.4, 0.5) is 11.4 Å². The molecule has 1 aliphatic heterocycles. The number of carbonyl (C=O) groups excluding carboxylic acids is 1. The molecule has 3 rings (SSSR count). The molecule has 0 saturated carbocycles.